The Hall–Kier alpha value is -0.120. The second kappa shape index (κ2) is 7.05. The Balaban J connectivity index is 1.77. The van der Waals surface area contributed by atoms with Crippen molar-refractivity contribution < 1.29 is 0 Å². The van der Waals surface area contributed by atoms with Gasteiger partial charge in [-0.1, -0.05) is 6.92 Å². The molecule has 0 aromatic heterocycles. The molecule has 19 heavy (non-hydrogen) atoms. The zero-order valence-corrected chi connectivity index (χ0v) is 13.2. The third-order valence-corrected chi connectivity index (χ3v) is 5.43. The van der Waals surface area contributed by atoms with E-state index < -0.39 is 0 Å². The van der Waals surface area contributed by atoms with Gasteiger partial charge in [-0.05, 0) is 83.7 Å². The van der Waals surface area contributed by atoms with E-state index in [-0.39, 0.29) is 0 Å². The van der Waals surface area contributed by atoms with Gasteiger partial charge in [0.05, 0.1) is 0 Å². The second-order valence-corrected chi connectivity index (χ2v) is 7.05. The summed E-state index contributed by atoms with van der Waals surface area (Å²) in [6, 6.07) is 0. The summed E-state index contributed by atoms with van der Waals surface area (Å²) < 4.78 is 0. The average molecular weight is 267 g/mol. The maximum Gasteiger partial charge on any atom is 0.00359 e. The molecule has 0 spiro atoms. The van der Waals surface area contributed by atoms with E-state index in [4.69, 9.17) is 0 Å². The minimum atomic E-state index is 0.589. The quantitative estimate of drug-likeness (QED) is 0.822. The van der Waals surface area contributed by atoms with Crippen LogP contribution in [0.2, 0.25) is 0 Å². The van der Waals surface area contributed by atoms with Crippen LogP contribution in [0.4, 0.5) is 0 Å². The summed E-state index contributed by atoms with van der Waals surface area (Å²) in [5.74, 6) is 0.928. The van der Waals surface area contributed by atoms with Gasteiger partial charge in [-0.2, -0.15) is 0 Å². The molecule has 3 heteroatoms. The Kier molecular flexibility index (Phi) is 5.67. The van der Waals surface area contributed by atoms with Gasteiger partial charge >= 0.3 is 0 Å². The molecule has 2 aliphatic heterocycles. The number of nitrogens with zero attached hydrogens (tertiary/aromatic N) is 2. The minimum Gasteiger partial charge on any atom is -0.317 e. The van der Waals surface area contributed by atoms with Gasteiger partial charge in [0.2, 0.25) is 0 Å². The lowest BCUT2D eigenvalue weighted by atomic mass is 9.76. The highest BCUT2D eigenvalue weighted by molar-refractivity contribution is 4.86. The average Bonchev–Trinajstić information content (AvgIpc) is 2.42. The van der Waals surface area contributed by atoms with Crippen LogP contribution in [0, 0.1) is 11.3 Å². The summed E-state index contributed by atoms with van der Waals surface area (Å²) in [5.41, 5.74) is 0.589. The number of likely N-dealkylation sites (tertiary alicyclic amines) is 1. The van der Waals surface area contributed by atoms with Crippen LogP contribution in [-0.4, -0.2) is 63.2 Å². The molecule has 1 N–H and O–H groups in total. The first kappa shape index (κ1) is 15.3. The molecule has 0 unspecified atom stereocenters. The summed E-state index contributed by atoms with van der Waals surface area (Å²) in [6.45, 7) is 10.0. The lowest BCUT2D eigenvalue weighted by Gasteiger charge is -2.41. The summed E-state index contributed by atoms with van der Waals surface area (Å²) >= 11 is 0. The van der Waals surface area contributed by atoms with Crippen molar-refractivity contribution in [1.29, 1.82) is 0 Å². The van der Waals surface area contributed by atoms with Gasteiger partial charge in [-0.25, -0.2) is 0 Å². The Labute approximate surface area is 119 Å². The molecule has 3 nitrogen and oxygen atoms in total. The Bertz CT molecular complexity index is 253. The largest absolute Gasteiger partial charge is 0.317 e. The fourth-order valence-corrected chi connectivity index (χ4v) is 3.90. The molecule has 0 atom stereocenters. The monoisotopic (exact) mass is 267 g/mol. The van der Waals surface area contributed by atoms with Crippen molar-refractivity contribution in [1.82, 2.24) is 15.1 Å². The normalized spacial score (nSPS) is 25.9. The van der Waals surface area contributed by atoms with E-state index in [1.54, 1.807) is 0 Å². The Morgan fingerprint density at radius 2 is 1.84 bits per heavy atom. The van der Waals surface area contributed by atoms with E-state index in [1.165, 1.54) is 71.4 Å². The van der Waals surface area contributed by atoms with Gasteiger partial charge in [-0.3, -0.25) is 0 Å². The summed E-state index contributed by atoms with van der Waals surface area (Å²) in [5, 5.41) is 3.51. The smallest absolute Gasteiger partial charge is 0.00359 e. The van der Waals surface area contributed by atoms with E-state index in [0.29, 0.717) is 5.41 Å². The van der Waals surface area contributed by atoms with Crippen molar-refractivity contribution in [2.24, 2.45) is 11.3 Å². The number of rotatable bonds is 5. The molecule has 112 valence electrons. The molecule has 0 radical (unpaired) electrons. The standard InChI is InChI=1S/C16H33N3/c1-4-16(7-9-17-10-8-16)14-19(3)13-15-5-11-18(2)12-6-15/h15,17H,4-14H2,1-3H3. The van der Waals surface area contributed by atoms with Gasteiger partial charge in [0.15, 0.2) is 0 Å². The molecule has 0 saturated carbocycles. The van der Waals surface area contributed by atoms with E-state index >= 15 is 0 Å². The molecule has 0 aliphatic carbocycles. The molecular formula is C16H33N3. The second-order valence-electron chi connectivity index (χ2n) is 7.05. The molecule has 0 aromatic carbocycles. The van der Waals surface area contributed by atoms with Crippen molar-refractivity contribution in [3.8, 4) is 0 Å². The van der Waals surface area contributed by atoms with Crippen molar-refractivity contribution in [2.75, 3.05) is 53.4 Å². The van der Waals surface area contributed by atoms with Crippen molar-refractivity contribution >= 4 is 0 Å². The van der Waals surface area contributed by atoms with Gasteiger partial charge in [0, 0.05) is 13.1 Å². The molecule has 2 fully saturated rings. The molecule has 2 aliphatic rings. The van der Waals surface area contributed by atoms with Crippen molar-refractivity contribution in [2.45, 2.75) is 39.0 Å². The van der Waals surface area contributed by atoms with Crippen LogP contribution < -0.4 is 5.32 Å². The molecular weight excluding hydrogens is 234 g/mol. The zero-order chi connectivity index (χ0) is 13.7. The SMILES string of the molecule is CCC1(CN(C)CC2CCN(C)CC2)CCNCC1. The van der Waals surface area contributed by atoms with Crippen molar-refractivity contribution in [3.63, 3.8) is 0 Å². The third kappa shape index (κ3) is 4.44. The van der Waals surface area contributed by atoms with E-state index in [9.17, 15) is 0 Å². The van der Waals surface area contributed by atoms with Crippen LogP contribution in [0.3, 0.4) is 0 Å². The zero-order valence-electron chi connectivity index (χ0n) is 13.2. The molecule has 2 rings (SSSR count). The molecule has 0 bridgehead atoms. The first-order valence-electron chi connectivity index (χ1n) is 8.21. The van der Waals surface area contributed by atoms with E-state index in [0.717, 1.165) is 5.92 Å². The Morgan fingerprint density at radius 1 is 1.21 bits per heavy atom. The van der Waals surface area contributed by atoms with Crippen LogP contribution in [0.25, 0.3) is 0 Å². The van der Waals surface area contributed by atoms with Crippen LogP contribution in [0.1, 0.15) is 39.0 Å². The minimum absolute atomic E-state index is 0.589. The number of hydrogen-bond acceptors (Lipinski definition) is 3. The van der Waals surface area contributed by atoms with Crippen molar-refractivity contribution in [3.05, 3.63) is 0 Å². The van der Waals surface area contributed by atoms with E-state index in [1.807, 2.05) is 0 Å². The third-order valence-electron chi connectivity index (χ3n) is 5.43. The van der Waals surface area contributed by atoms with Gasteiger partial charge in [0.1, 0.15) is 0 Å². The lowest BCUT2D eigenvalue weighted by molar-refractivity contribution is 0.0994. The fourth-order valence-electron chi connectivity index (χ4n) is 3.90. The lowest BCUT2D eigenvalue weighted by Crippen LogP contribution is -2.45. The topological polar surface area (TPSA) is 18.5 Å². The number of piperidine rings is 2. The van der Waals surface area contributed by atoms with Crippen LogP contribution in [0.5, 0.6) is 0 Å². The fraction of sp³-hybridized carbons (Fsp3) is 1.00. The van der Waals surface area contributed by atoms with Gasteiger partial charge in [-0.15, -0.1) is 0 Å². The number of hydrogen-bond donors (Lipinski definition) is 1. The van der Waals surface area contributed by atoms with Crippen LogP contribution in [0.15, 0.2) is 0 Å². The highest BCUT2D eigenvalue weighted by atomic mass is 15.1. The highest BCUT2D eigenvalue weighted by Gasteiger charge is 2.31. The first-order chi connectivity index (χ1) is 9.13. The number of nitrogens with one attached hydrogen (secondary N) is 1. The molecule has 0 aromatic rings. The first-order valence-corrected chi connectivity index (χ1v) is 8.21. The highest BCUT2D eigenvalue weighted by Crippen LogP contribution is 2.33. The molecule has 2 saturated heterocycles. The summed E-state index contributed by atoms with van der Waals surface area (Å²) in [4.78, 5) is 5.10. The summed E-state index contributed by atoms with van der Waals surface area (Å²) in [6.07, 6.45) is 6.85. The van der Waals surface area contributed by atoms with E-state index in [2.05, 4.69) is 36.1 Å². The van der Waals surface area contributed by atoms with Crippen LogP contribution >= 0.6 is 0 Å². The van der Waals surface area contributed by atoms with Gasteiger partial charge in [0.25, 0.3) is 0 Å². The Morgan fingerprint density at radius 3 is 2.42 bits per heavy atom. The predicted octanol–water partition coefficient (Wildman–Crippen LogP) is 2.04. The maximum atomic E-state index is 3.51. The maximum absolute atomic E-state index is 3.51. The molecule has 0 amide bonds. The molecule has 2 heterocycles. The summed E-state index contributed by atoms with van der Waals surface area (Å²) in [7, 11) is 4.60. The predicted molar refractivity (Wildman–Crippen MR) is 82.5 cm³/mol. The van der Waals surface area contributed by atoms with Gasteiger partial charge < -0.3 is 15.1 Å². The van der Waals surface area contributed by atoms with Crippen LogP contribution in [-0.2, 0) is 0 Å².